The number of fused-ring (bicyclic) bond motifs is 1. The molecule has 2 aliphatic rings. The van der Waals surface area contributed by atoms with Gasteiger partial charge in [0.05, 0.1) is 26.5 Å². The van der Waals surface area contributed by atoms with E-state index in [0.717, 1.165) is 56.5 Å². The van der Waals surface area contributed by atoms with E-state index in [4.69, 9.17) is 13.9 Å². The standard InChI is InChI=1S/C21H28N2O3/c1-24-19-5-4-17-11-16(15-26-21(17)12-19)13-22-18-6-8-23(9-7-18)14-20-3-2-10-25-20/h2-5,10,12,16,18,22H,6-9,11,13-15H2,1H3. The van der Waals surface area contributed by atoms with Crippen LogP contribution in [0, 0.1) is 5.92 Å². The maximum Gasteiger partial charge on any atom is 0.126 e. The molecule has 1 N–H and O–H groups in total. The second kappa shape index (κ2) is 8.14. The van der Waals surface area contributed by atoms with Gasteiger partial charge in [0.15, 0.2) is 0 Å². The zero-order chi connectivity index (χ0) is 17.8. The number of rotatable bonds is 6. The van der Waals surface area contributed by atoms with Gasteiger partial charge in [-0.15, -0.1) is 0 Å². The van der Waals surface area contributed by atoms with E-state index in [1.165, 1.54) is 18.4 Å². The highest BCUT2D eigenvalue weighted by molar-refractivity contribution is 5.42. The van der Waals surface area contributed by atoms with Crippen LogP contribution >= 0.6 is 0 Å². The highest BCUT2D eigenvalue weighted by atomic mass is 16.5. The van der Waals surface area contributed by atoms with Crippen LogP contribution in [0.5, 0.6) is 11.5 Å². The molecule has 0 spiro atoms. The van der Waals surface area contributed by atoms with Crippen LogP contribution in [0.1, 0.15) is 24.2 Å². The summed E-state index contributed by atoms with van der Waals surface area (Å²) in [5, 5.41) is 3.77. The summed E-state index contributed by atoms with van der Waals surface area (Å²) in [5.74, 6) is 3.44. The third kappa shape index (κ3) is 4.22. The number of nitrogens with one attached hydrogen (secondary N) is 1. The fraction of sp³-hybridized carbons (Fsp3) is 0.524. The summed E-state index contributed by atoms with van der Waals surface area (Å²) in [6.45, 7) is 4.99. The number of hydrogen-bond acceptors (Lipinski definition) is 5. The monoisotopic (exact) mass is 356 g/mol. The van der Waals surface area contributed by atoms with Crippen molar-refractivity contribution in [1.82, 2.24) is 10.2 Å². The third-order valence-electron chi connectivity index (χ3n) is 5.50. The van der Waals surface area contributed by atoms with Crippen LogP contribution in [0.25, 0.3) is 0 Å². The first-order valence-electron chi connectivity index (χ1n) is 9.58. The van der Waals surface area contributed by atoms with Crippen LogP contribution in [0.4, 0.5) is 0 Å². The first-order chi connectivity index (χ1) is 12.8. The summed E-state index contributed by atoms with van der Waals surface area (Å²) in [4.78, 5) is 2.48. The highest BCUT2D eigenvalue weighted by Gasteiger charge is 2.23. The minimum absolute atomic E-state index is 0.539. The predicted octanol–water partition coefficient (Wildman–Crippen LogP) is 3.09. The Labute approximate surface area is 155 Å². The molecule has 1 aromatic heterocycles. The Balaban J connectivity index is 1.20. The van der Waals surface area contributed by atoms with Gasteiger partial charge in [0.2, 0.25) is 0 Å². The molecule has 5 nitrogen and oxygen atoms in total. The summed E-state index contributed by atoms with van der Waals surface area (Å²) in [5.41, 5.74) is 1.29. The normalized spacial score (nSPS) is 21.2. The summed E-state index contributed by atoms with van der Waals surface area (Å²) in [7, 11) is 1.69. The molecule has 0 aliphatic carbocycles. The number of nitrogens with zero attached hydrogens (tertiary/aromatic N) is 1. The van der Waals surface area contributed by atoms with E-state index in [-0.39, 0.29) is 0 Å². The Bertz CT molecular complexity index is 693. The van der Waals surface area contributed by atoms with Crippen molar-refractivity contribution in [3.8, 4) is 11.5 Å². The van der Waals surface area contributed by atoms with E-state index < -0.39 is 0 Å². The number of likely N-dealkylation sites (tertiary alicyclic amines) is 1. The van der Waals surface area contributed by atoms with Crippen molar-refractivity contribution in [1.29, 1.82) is 0 Å². The van der Waals surface area contributed by atoms with Crippen LogP contribution in [0.2, 0.25) is 0 Å². The van der Waals surface area contributed by atoms with Crippen molar-refractivity contribution in [2.24, 2.45) is 5.92 Å². The molecule has 140 valence electrons. The topological polar surface area (TPSA) is 46.9 Å². The van der Waals surface area contributed by atoms with Gasteiger partial charge in [-0.2, -0.15) is 0 Å². The van der Waals surface area contributed by atoms with Crippen LogP contribution in [-0.4, -0.2) is 44.3 Å². The lowest BCUT2D eigenvalue weighted by atomic mass is 9.95. The predicted molar refractivity (Wildman–Crippen MR) is 101 cm³/mol. The van der Waals surface area contributed by atoms with Gasteiger partial charge >= 0.3 is 0 Å². The van der Waals surface area contributed by atoms with Gasteiger partial charge in [0.1, 0.15) is 17.3 Å². The SMILES string of the molecule is COc1ccc2c(c1)OCC(CNC1CCN(Cc3ccco3)CC1)C2. The van der Waals surface area contributed by atoms with E-state index in [2.05, 4.69) is 22.3 Å². The Hall–Kier alpha value is -1.98. The Kier molecular flexibility index (Phi) is 5.46. The first-order valence-corrected chi connectivity index (χ1v) is 9.58. The van der Waals surface area contributed by atoms with Gasteiger partial charge in [-0.1, -0.05) is 6.07 Å². The Morgan fingerprint density at radius 3 is 2.88 bits per heavy atom. The molecule has 26 heavy (non-hydrogen) atoms. The van der Waals surface area contributed by atoms with Gasteiger partial charge in [-0.05, 0) is 43.0 Å². The lowest BCUT2D eigenvalue weighted by molar-refractivity contribution is 0.167. The van der Waals surface area contributed by atoms with E-state index in [9.17, 15) is 0 Å². The van der Waals surface area contributed by atoms with Crippen molar-refractivity contribution in [2.45, 2.75) is 31.8 Å². The molecular formula is C21H28N2O3. The molecular weight excluding hydrogens is 328 g/mol. The molecule has 0 amide bonds. The molecule has 1 atom stereocenters. The molecule has 3 heterocycles. The molecule has 2 aromatic rings. The quantitative estimate of drug-likeness (QED) is 0.862. The third-order valence-corrected chi connectivity index (χ3v) is 5.50. The summed E-state index contributed by atoms with van der Waals surface area (Å²) < 4.78 is 16.7. The molecule has 1 aromatic carbocycles. The zero-order valence-electron chi connectivity index (χ0n) is 15.4. The van der Waals surface area contributed by atoms with Crippen LogP contribution < -0.4 is 14.8 Å². The molecule has 2 aliphatic heterocycles. The lowest BCUT2D eigenvalue weighted by Gasteiger charge is -2.33. The molecule has 1 saturated heterocycles. The summed E-state index contributed by atoms with van der Waals surface area (Å²) in [6.07, 6.45) is 5.22. The van der Waals surface area contributed by atoms with Crippen molar-refractivity contribution in [2.75, 3.05) is 33.4 Å². The number of piperidine rings is 1. The minimum atomic E-state index is 0.539. The largest absolute Gasteiger partial charge is 0.497 e. The van der Waals surface area contributed by atoms with Gasteiger partial charge in [-0.3, -0.25) is 4.90 Å². The highest BCUT2D eigenvalue weighted by Crippen LogP contribution is 2.30. The fourth-order valence-electron chi connectivity index (χ4n) is 3.92. The molecule has 0 saturated carbocycles. The van der Waals surface area contributed by atoms with E-state index in [1.807, 2.05) is 18.2 Å². The average molecular weight is 356 g/mol. The van der Waals surface area contributed by atoms with E-state index in [0.29, 0.717) is 12.0 Å². The van der Waals surface area contributed by atoms with Crippen LogP contribution in [0.15, 0.2) is 41.0 Å². The number of benzene rings is 1. The summed E-state index contributed by atoms with van der Waals surface area (Å²) >= 11 is 0. The molecule has 4 rings (SSSR count). The second-order valence-corrected chi connectivity index (χ2v) is 7.39. The van der Waals surface area contributed by atoms with Crippen molar-refractivity contribution in [3.05, 3.63) is 47.9 Å². The second-order valence-electron chi connectivity index (χ2n) is 7.39. The van der Waals surface area contributed by atoms with Crippen molar-refractivity contribution in [3.63, 3.8) is 0 Å². The molecule has 0 radical (unpaired) electrons. The van der Waals surface area contributed by atoms with Gasteiger partial charge in [0.25, 0.3) is 0 Å². The number of hydrogen-bond donors (Lipinski definition) is 1. The summed E-state index contributed by atoms with van der Waals surface area (Å²) in [6, 6.07) is 10.8. The molecule has 0 bridgehead atoms. The minimum Gasteiger partial charge on any atom is -0.497 e. The van der Waals surface area contributed by atoms with E-state index >= 15 is 0 Å². The lowest BCUT2D eigenvalue weighted by Crippen LogP contribution is -2.44. The average Bonchev–Trinajstić information content (AvgIpc) is 3.20. The fourth-order valence-corrected chi connectivity index (χ4v) is 3.92. The molecule has 5 heteroatoms. The number of methoxy groups -OCH3 is 1. The molecule has 1 unspecified atom stereocenters. The molecule has 1 fully saturated rings. The Morgan fingerprint density at radius 1 is 1.23 bits per heavy atom. The number of ether oxygens (including phenoxy) is 2. The van der Waals surface area contributed by atoms with Gasteiger partial charge < -0.3 is 19.2 Å². The number of furan rings is 1. The maximum atomic E-state index is 5.96. The zero-order valence-corrected chi connectivity index (χ0v) is 15.4. The smallest absolute Gasteiger partial charge is 0.126 e. The van der Waals surface area contributed by atoms with Crippen LogP contribution in [0.3, 0.4) is 0 Å². The maximum absolute atomic E-state index is 5.96. The van der Waals surface area contributed by atoms with Crippen molar-refractivity contribution >= 4 is 0 Å². The van der Waals surface area contributed by atoms with E-state index in [1.54, 1.807) is 13.4 Å². The Morgan fingerprint density at radius 2 is 2.12 bits per heavy atom. The van der Waals surface area contributed by atoms with Crippen LogP contribution in [-0.2, 0) is 13.0 Å². The van der Waals surface area contributed by atoms with Gasteiger partial charge in [0, 0.05) is 37.7 Å². The first kappa shape index (κ1) is 17.4. The van der Waals surface area contributed by atoms with Crippen molar-refractivity contribution < 1.29 is 13.9 Å². The van der Waals surface area contributed by atoms with Gasteiger partial charge in [-0.25, -0.2) is 0 Å².